The molecule has 118 valence electrons. The molecule has 1 aromatic carbocycles. The number of nitrogens with one attached hydrogen (secondary N) is 1. The number of sulfonamides is 1. The summed E-state index contributed by atoms with van der Waals surface area (Å²) in [5.74, 6) is -1.32. The molecule has 0 unspecified atom stereocenters. The number of hydrogen-bond donors (Lipinski definition) is 3. The van der Waals surface area contributed by atoms with Crippen molar-refractivity contribution in [2.45, 2.75) is 43.5 Å². The summed E-state index contributed by atoms with van der Waals surface area (Å²) in [6.07, 6.45) is -0.186. The van der Waals surface area contributed by atoms with Crippen molar-refractivity contribution >= 4 is 16.0 Å². The number of carboxylic acids is 1. The van der Waals surface area contributed by atoms with E-state index in [2.05, 4.69) is 4.72 Å². The highest BCUT2D eigenvalue weighted by Crippen LogP contribution is 2.23. The molecule has 6 nitrogen and oxygen atoms in total. The van der Waals surface area contributed by atoms with Gasteiger partial charge in [-0.1, -0.05) is 32.9 Å². The fourth-order valence-corrected chi connectivity index (χ4v) is 2.98. The van der Waals surface area contributed by atoms with Crippen LogP contribution in [0.3, 0.4) is 0 Å². The van der Waals surface area contributed by atoms with E-state index in [0.717, 1.165) is 5.56 Å². The summed E-state index contributed by atoms with van der Waals surface area (Å²) >= 11 is 0. The number of hydrogen-bond acceptors (Lipinski definition) is 4. The summed E-state index contributed by atoms with van der Waals surface area (Å²) in [7, 11) is -3.93. The minimum atomic E-state index is -3.93. The van der Waals surface area contributed by atoms with E-state index in [1.54, 1.807) is 12.1 Å². The maximum Gasteiger partial charge on any atom is 0.321 e. The Bertz CT molecular complexity index is 587. The van der Waals surface area contributed by atoms with E-state index in [1.165, 1.54) is 12.1 Å². The van der Waals surface area contributed by atoms with Gasteiger partial charge in [0, 0.05) is 6.61 Å². The van der Waals surface area contributed by atoms with Gasteiger partial charge in [-0.15, -0.1) is 0 Å². The Kier molecular flexibility index (Phi) is 5.49. The van der Waals surface area contributed by atoms with Crippen LogP contribution in [0.4, 0.5) is 0 Å². The lowest BCUT2D eigenvalue weighted by molar-refractivity contribution is -0.139. The Balaban J connectivity index is 3.00. The summed E-state index contributed by atoms with van der Waals surface area (Å²) in [4.78, 5) is 10.9. The highest BCUT2D eigenvalue weighted by Gasteiger charge is 2.25. The number of benzene rings is 1. The van der Waals surface area contributed by atoms with E-state index in [0.29, 0.717) is 0 Å². The standard InChI is InChI=1S/C14H21NO5S/c1-14(2,3)10-4-6-11(7-5-10)21(19,20)15-12(8-9-16)13(17)18/h4-7,12,15-16H,8-9H2,1-3H3,(H,17,18)/t12-/m0/s1. The van der Waals surface area contributed by atoms with Crippen molar-refractivity contribution in [3.8, 4) is 0 Å². The molecule has 0 radical (unpaired) electrons. The smallest absolute Gasteiger partial charge is 0.321 e. The molecule has 0 aromatic heterocycles. The molecule has 0 saturated carbocycles. The number of rotatable bonds is 6. The van der Waals surface area contributed by atoms with Crippen molar-refractivity contribution in [3.05, 3.63) is 29.8 Å². The average molecular weight is 315 g/mol. The molecule has 3 N–H and O–H groups in total. The monoisotopic (exact) mass is 315 g/mol. The molecule has 0 heterocycles. The normalized spacial score (nSPS) is 13.9. The number of aliphatic hydroxyl groups is 1. The summed E-state index contributed by atoms with van der Waals surface area (Å²) < 4.78 is 26.3. The van der Waals surface area contributed by atoms with Gasteiger partial charge in [0.25, 0.3) is 0 Å². The number of carboxylic acid groups (broad SMARTS) is 1. The lowest BCUT2D eigenvalue weighted by Crippen LogP contribution is -2.41. The molecule has 0 fully saturated rings. The second-order valence-corrected chi connectivity index (χ2v) is 7.51. The van der Waals surface area contributed by atoms with Gasteiger partial charge < -0.3 is 10.2 Å². The van der Waals surface area contributed by atoms with Crippen LogP contribution in [-0.2, 0) is 20.2 Å². The first-order valence-corrected chi connectivity index (χ1v) is 8.03. The second kappa shape index (κ2) is 6.55. The molecule has 0 aliphatic carbocycles. The summed E-state index contributed by atoms with van der Waals surface area (Å²) in [6.45, 7) is 5.62. The van der Waals surface area contributed by atoms with Crippen LogP contribution in [-0.4, -0.2) is 37.2 Å². The van der Waals surface area contributed by atoms with Crippen molar-refractivity contribution in [1.29, 1.82) is 0 Å². The molecular formula is C14H21NO5S. The van der Waals surface area contributed by atoms with Gasteiger partial charge in [0.1, 0.15) is 6.04 Å². The highest BCUT2D eigenvalue weighted by molar-refractivity contribution is 7.89. The van der Waals surface area contributed by atoms with E-state index < -0.39 is 28.6 Å². The second-order valence-electron chi connectivity index (χ2n) is 5.80. The number of aliphatic carboxylic acids is 1. The van der Waals surface area contributed by atoms with Crippen LogP contribution in [0.25, 0.3) is 0 Å². The summed E-state index contributed by atoms with van der Waals surface area (Å²) in [6, 6.07) is 4.95. The quantitative estimate of drug-likeness (QED) is 0.729. The van der Waals surface area contributed by atoms with E-state index in [-0.39, 0.29) is 16.7 Å². The highest BCUT2D eigenvalue weighted by atomic mass is 32.2. The van der Waals surface area contributed by atoms with Gasteiger partial charge in [-0.3, -0.25) is 4.79 Å². The third-order valence-corrected chi connectivity index (χ3v) is 4.53. The SMILES string of the molecule is CC(C)(C)c1ccc(S(=O)(=O)N[C@@H](CCO)C(=O)O)cc1. The van der Waals surface area contributed by atoms with Crippen molar-refractivity contribution in [1.82, 2.24) is 4.72 Å². The molecular weight excluding hydrogens is 294 g/mol. The number of aliphatic hydroxyl groups excluding tert-OH is 1. The van der Waals surface area contributed by atoms with E-state index in [4.69, 9.17) is 10.2 Å². The van der Waals surface area contributed by atoms with Crippen molar-refractivity contribution in [3.63, 3.8) is 0 Å². The summed E-state index contributed by atoms with van der Waals surface area (Å²) in [5.41, 5.74) is 0.877. The van der Waals surface area contributed by atoms with Crippen molar-refractivity contribution in [2.24, 2.45) is 0 Å². The lowest BCUT2D eigenvalue weighted by Gasteiger charge is -2.19. The van der Waals surface area contributed by atoms with Crippen LogP contribution in [0.1, 0.15) is 32.8 Å². The van der Waals surface area contributed by atoms with Crippen LogP contribution in [0.2, 0.25) is 0 Å². The molecule has 1 atom stereocenters. The first-order valence-electron chi connectivity index (χ1n) is 6.54. The van der Waals surface area contributed by atoms with Crippen LogP contribution in [0.5, 0.6) is 0 Å². The zero-order valence-corrected chi connectivity index (χ0v) is 13.1. The van der Waals surface area contributed by atoms with Crippen molar-refractivity contribution < 1.29 is 23.4 Å². The maximum atomic E-state index is 12.1. The molecule has 0 saturated heterocycles. The van der Waals surface area contributed by atoms with Gasteiger partial charge in [-0.25, -0.2) is 8.42 Å². The molecule has 1 rings (SSSR count). The van der Waals surface area contributed by atoms with Crippen molar-refractivity contribution in [2.75, 3.05) is 6.61 Å². The molecule has 1 aromatic rings. The van der Waals surface area contributed by atoms with Gasteiger partial charge in [0.2, 0.25) is 10.0 Å². The van der Waals surface area contributed by atoms with Gasteiger partial charge in [0.05, 0.1) is 4.90 Å². The number of carbonyl (C=O) groups is 1. The first kappa shape index (κ1) is 17.6. The lowest BCUT2D eigenvalue weighted by atomic mass is 9.87. The van der Waals surface area contributed by atoms with E-state index in [1.807, 2.05) is 20.8 Å². The zero-order valence-electron chi connectivity index (χ0n) is 12.3. The molecule has 0 amide bonds. The Morgan fingerprint density at radius 2 is 1.76 bits per heavy atom. The predicted molar refractivity (Wildman–Crippen MR) is 78.6 cm³/mol. The Morgan fingerprint density at radius 3 is 2.14 bits per heavy atom. The molecule has 0 spiro atoms. The molecule has 0 aliphatic rings. The Morgan fingerprint density at radius 1 is 1.24 bits per heavy atom. The minimum Gasteiger partial charge on any atom is -0.480 e. The minimum absolute atomic E-state index is 0.000287. The van der Waals surface area contributed by atoms with Crippen LogP contribution in [0.15, 0.2) is 29.2 Å². The van der Waals surface area contributed by atoms with Crippen LogP contribution < -0.4 is 4.72 Å². The molecule has 0 aliphatic heterocycles. The van der Waals surface area contributed by atoms with Gasteiger partial charge in [-0.05, 0) is 29.5 Å². The van der Waals surface area contributed by atoms with Gasteiger partial charge in [0.15, 0.2) is 0 Å². The largest absolute Gasteiger partial charge is 0.480 e. The summed E-state index contributed by atoms with van der Waals surface area (Å²) in [5, 5.41) is 17.7. The fourth-order valence-electron chi connectivity index (χ4n) is 1.75. The third kappa shape index (κ3) is 4.80. The fraction of sp³-hybridized carbons (Fsp3) is 0.500. The molecule has 0 bridgehead atoms. The van der Waals surface area contributed by atoms with Crippen LogP contribution >= 0.6 is 0 Å². The third-order valence-electron chi connectivity index (χ3n) is 3.04. The van der Waals surface area contributed by atoms with Gasteiger partial charge >= 0.3 is 5.97 Å². The van der Waals surface area contributed by atoms with E-state index >= 15 is 0 Å². The Hall–Kier alpha value is -1.44. The average Bonchev–Trinajstić information content (AvgIpc) is 2.37. The van der Waals surface area contributed by atoms with Gasteiger partial charge in [-0.2, -0.15) is 4.72 Å². The Labute approximate surface area is 124 Å². The predicted octanol–water partition coefficient (Wildman–Crippen LogP) is 1.10. The first-order chi connectivity index (χ1) is 9.58. The van der Waals surface area contributed by atoms with Crippen LogP contribution in [0, 0.1) is 0 Å². The molecule has 7 heteroatoms. The van der Waals surface area contributed by atoms with E-state index in [9.17, 15) is 13.2 Å². The zero-order chi connectivity index (χ0) is 16.3. The maximum absolute atomic E-state index is 12.1. The molecule has 21 heavy (non-hydrogen) atoms. The topological polar surface area (TPSA) is 104 Å².